The highest BCUT2D eigenvalue weighted by atomic mass is 32.1. The van der Waals surface area contributed by atoms with Crippen LogP contribution in [-0.4, -0.2) is 31.3 Å². The van der Waals surface area contributed by atoms with E-state index in [-0.39, 0.29) is 6.54 Å². The minimum absolute atomic E-state index is 0.287. The Kier molecular flexibility index (Phi) is 3.94. The van der Waals surface area contributed by atoms with E-state index in [0.29, 0.717) is 18.7 Å². The number of aliphatic carboxylic acids is 1. The fourth-order valence-corrected chi connectivity index (χ4v) is 2.74. The molecule has 2 heterocycles. The predicted molar refractivity (Wildman–Crippen MR) is 71.8 cm³/mol. The monoisotopic (exact) mass is 280 g/mol. The molecule has 0 aliphatic carbocycles. The van der Waals surface area contributed by atoms with E-state index < -0.39 is 11.4 Å². The molecule has 19 heavy (non-hydrogen) atoms. The third kappa shape index (κ3) is 2.51. The van der Waals surface area contributed by atoms with Gasteiger partial charge in [0.2, 0.25) is 0 Å². The summed E-state index contributed by atoms with van der Waals surface area (Å²) >= 11 is 1.53. The normalized spacial score (nSPS) is 11.7. The second-order valence-electron chi connectivity index (χ2n) is 4.43. The van der Waals surface area contributed by atoms with E-state index in [1.54, 1.807) is 4.68 Å². The van der Waals surface area contributed by atoms with Crippen LogP contribution in [0.1, 0.15) is 26.7 Å². The molecular formula is C12H16N4O2S. The van der Waals surface area contributed by atoms with Crippen LogP contribution in [0.15, 0.2) is 17.5 Å². The molecule has 7 heteroatoms. The molecule has 2 aromatic heterocycles. The molecule has 6 nitrogen and oxygen atoms in total. The summed E-state index contributed by atoms with van der Waals surface area (Å²) in [7, 11) is 0. The molecule has 2 rings (SSSR count). The van der Waals surface area contributed by atoms with Crippen LogP contribution in [0.4, 0.5) is 0 Å². The molecule has 0 spiro atoms. The summed E-state index contributed by atoms with van der Waals surface area (Å²) in [5.74, 6) is -0.173. The van der Waals surface area contributed by atoms with Gasteiger partial charge in [-0.3, -0.25) is 4.79 Å². The fraction of sp³-hybridized carbons (Fsp3) is 0.500. The van der Waals surface area contributed by atoms with Crippen LogP contribution in [0.3, 0.4) is 0 Å². The lowest BCUT2D eigenvalue weighted by Gasteiger charge is -2.26. The van der Waals surface area contributed by atoms with Crippen molar-refractivity contribution < 1.29 is 9.90 Å². The smallest absolute Gasteiger partial charge is 0.311 e. The zero-order valence-electron chi connectivity index (χ0n) is 10.9. The van der Waals surface area contributed by atoms with E-state index in [1.807, 2.05) is 31.4 Å². The minimum atomic E-state index is -0.818. The lowest BCUT2D eigenvalue weighted by atomic mass is 9.82. The molecular weight excluding hydrogens is 264 g/mol. The zero-order valence-corrected chi connectivity index (χ0v) is 11.7. The van der Waals surface area contributed by atoms with Crippen LogP contribution in [0, 0.1) is 5.41 Å². The zero-order chi connectivity index (χ0) is 13.9. The summed E-state index contributed by atoms with van der Waals surface area (Å²) in [4.78, 5) is 12.5. The molecule has 0 amide bonds. The van der Waals surface area contributed by atoms with Crippen molar-refractivity contribution in [2.24, 2.45) is 5.41 Å². The highest BCUT2D eigenvalue weighted by Gasteiger charge is 2.36. The highest BCUT2D eigenvalue weighted by molar-refractivity contribution is 7.13. The van der Waals surface area contributed by atoms with Crippen molar-refractivity contribution in [2.75, 3.05) is 0 Å². The number of hydrogen-bond donors (Lipinski definition) is 1. The van der Waals surface area contributed by atoms with Gasteiger partial charge in [-0.05, 0) is 34.7 Å². The number of tetrazole rings is 1. The van der Waals surface area contributed by atoms with Crippen LogP contribution in [0.25, 0.3) is 10.7 Å². The molecule has 0 radical (unpaired) electrons. The number of thiophene rings is 1. The number of hydrogen-bond acceptors (Lipinski definition) is 5. The Morgan fingerprint density at radius 2 is 2.21 bits per heavy atom. The largest absolute Gasteiger partial charge is 0.481 e. The van der Waals surface area contributed by atoms with Gasteiger partial charge in [0.1, 0.15) is 0 Å². The van der Waals surface area contributed by atoms with Crippen LogP contribution < -0.4 is 0 Å². The molecule has 102 valence electrons. The first-order valence-electron chi connectivity index (χ1n) is 6.16. The summed E-state index contributed by atoms with van der Waals surface area (Å²) in [5, 5.41) is 23.0. The number of nitrogens with zero attached hydrogens (tertiary/aromatic N) is 4. The summed E-state index contributed by atoms with van der Waals surface area (Å²) < 4.78 is 1.59. The fourth-order valence-electron chi connectivity index (χ4n) is 2.02. The quantitative estimate of drug-likeness (QED) is 0.878. The van der Waals surface area contributed by atoms with Gasteiger partial charge < -0.3 is 5.11 Å². The van der Waals surface area contributed by atoms with Crippen molar-refractivity contribution in [3.05, 3.63) is 17.5 Å². The third-order valence-electron chi connectivity index (χ3n) is 3.53. The molecule has 0 atom stereocenters. The topological polar surface area (TPSA) is 80.9 Å². The van der Waals surface area contributed by atoms with Gasteiger partial charge in [-0.1, -0.05) is 19.9 Å². The Labute approximate surface area is 115 Å². The maximum atomic E-state index is 11.5. The number of rotatable bonds is 6. The third-order valence-corrected chi connectivity index (χ3v) is 4.40. The standard InChI is InChI=1S/C12H16N4O2S/c1-3-12(4-2,11(17)18)8-16-10(13-14-15-16)9-6-5-7-19-9/h5-7H,3-4,8H2,1-2H3,(H,17,18). The highest BCUT2D eigenvalue weighted by Crippen LogP contribution is 2.31. The van der Waals surface area contributed by atoms with Crippen LogP contribution in [0.2, 0.25) is 0 Å². The molecule has 0 aromatic carbocycles. The lowest BCUT2D eigenvalue weighted by molar-refractivity contribution is -0.150. The first kappa shape index (κ1) is 13.7. The Hall–Kier alpha value is -1.76. The first-order chi connectivity index (χ1) is 9.13. The van der Waals surface area contributed by atoms with E-state index in [4.69, 9.17) is 0 Å². The predicted octanol–water partition coefficient (Wildman–Crippen LogP) is 2.29. The molecule has 2 aromatic rings. The first-order valence-corrected chi connectivity index (χ1v) is 7.04. The van der Waals surface area contributed by atoms with E-state index in [0.717, 1.165) is 4.88 Å². The molecule has 0 unspecified atom stereocenters. The van der Waals surface area contributed by atoms with Gasteiger partial charge in [-0.25, -0.2) is 4.68 Å². The summed E-state index contributed by atoms with van der Waals surface area (Å²) in [6, 6.07) is 3.84. The van der Waals surface area contributed by atoms with Crippen molar-refractivity contribution in [1.29, 1.82) is 0 Å². The summed E-state index contributed by atoms with van der Waals surface area (Å²) in [5.41, 5.74) is -0.818. The molecule has 0 bridgehead atoms. The van der Waals surface area contributed by atoms with Crippen molar-refractivity contribution >= 4 is 17.3 Å². The number of aromatic nitrogens is 4. The van der Waals surface area contributed by atoms with E-state index in [9.17, 15) is 9.90 Å². The van der Waals surface area contributed by atoms with Gasteiger partial charge in [0.05, 0.1) is 16.8 Å². The second kappa shape index (κ2) is 5.48. The van der Waals surface area contributed by atoms with Crippen molar-refractivity contribution in [3.8, 4) is 10.7 Å². The molecule has 0 saturated carbocycles. The van der Waals surface area contributed by atoms with Crippen molar-refractivity contribution in [1.82, 2.24) is 20.2 Å². The molecule has 1 N–H and O–H groups in total. The average molecular weight is 280 g/mol. The van der Waals surface area contributed by atoms with Crippen LogP contribution in [0.5, 0.6) is 0 Å². The maximum absolute atomic E-state index is 11.5. The number of carboxylic acid groups (broad SMARTS) is 1. The van der Waals surface area contributed by atoms with Gasteiger partial charge in [0.15, 0.2) is 5.82 Å². The van der Waals surface area contributed by atoms with Gasteiger partial charge in [0, 0.05) is 0 Å². The molecule has 0 aliphatic heterocycles. The second-order valence-corrected chi connectivity index (χ2v) is 5.38. The Morgan fingerprint density at radius 3 is 2.74 bits per heavy atom. The van der Waals surface area contributed by atoms with Gasteiger partial charge >= 0.3 is 5.97 Å². The van der Waals surface area contributed by atoms with Crippen LogP contribution in [-0.2, 0) is 11.3 Å². The van der Waals surface area contributed by atoms with Crippen molar-refractivity contribution in [2.45, 2.75) is 33.2 Å². The number of carboxylic acids is 1. The average Bonchev–Trinajstić information content (AvgIpc) is 3.06. The Balaban J connectivity index is 2.34. The van der Waals surface area contributed by atoms with Gasteiger partial charge in [-0.15, -0.1) is 16.4 Å². The van der Waals surface area contributed by atoms with E-state index in [1.165, 1.54) is 11.3 Å². The van der Waals surface area contributed by atoms with Gasteiger partial charge in [0.25, 0.3) is 0 Å². The molecule has 0 aliphatic rings. The number of carbonyl (C=O) groups is 1. The SMILES string of the molecule is CCC(CC)(Cn1nnnc1-c1cccs1)C(=O)O. The summed E-state index contributed by atoms with van der Waals surface area (Å²) in [6.07, 6.45) is 1.09. The molecule has 0 saturated heterocycles. The van der Waals surface area contributed by atoms with E-state index in [2.05, 4.69) is 15.5 Å². The van der Waals surface area contributed by atoms with Crippen molar-refractivity contribution in [3.63, 3.8) is 0 Å². The van der Waals surface area contributed by atoms with Crippen LogP contribution >= 0.6 is 11.3 Å². The lowest BCUT2D eigenvalue weighted by Crippen LogP contribution is -2.35. The minimum Gasteiger partial charge on any atom is -0.481 e. The maximum Gasteiger partial charge on any atom is 0.311 e. The summed E-state index contributed by atoms with van der Waals surface area (Å²) in [6.45, 7) is 4.05. The molecule has 0 fully saturated rings. The van der Waals surface area contributed by atoms with E-state index >= 15 is 0 Å². The van der Waals surface area contributed by atoms with Gasteiger partial charge in [-0.2, -0.15) is 0 Å². The Bertz CT molecular complexity index is 546. The Morgan fingerprint density at radius 1 is 1.47 bits per heavy atom.